The number of carbonyl (C=O) groups excluding carboxylic acids is 1. The Kier molecular flexibility index (Phi) is 3.50. The number of carbonyl (C=O) groups is 1. The van der Waals surface area contributed by atoms with Gasteiger partial charge in [0, 0.05) is 6.04 Å². The molecule has 1 saturated heterocycles. The van der Waals surface area contributed by atoms with Gasteiger partial charge < -0.3 is 15.8 Å². The van der Waals surface area contributed by atoms with Crippen LogP contribution in [0.2, 0.25) is 0 Å². The van der Waals surface area contributed by atoms with Gasteiger partial charge in [0.15, 0.2) is 0 Å². The molecule has 0 spiro atoms. The zero-order chi connectivity index (χ0) is 10.8. The van der Waals surface area contributed by atoms with Crippen molar-refractivity contribution in [2.75, 3.05) is 6.54 Å². The van der Waals surface area contributed by atoms with Crippen LogP contribution in [0, 0.1) is 0 Å². The molecule has 0 amide bonds. The van der Waals surface area contributed by atoms with Crippen molar-refractivity contribution in [1.29, 1.82) is 0 Å². The summed E-state index contributed by atoms with van der Waals surface area (Å²) < 4.78 is 5.21. The van der Waals surface area contributed by atoms with Gasteiger partial charge >= 0.3 is 5.97 Å². The molecule has 0 aromatic carbocycles. The maximum absolute atomic E-state index is 11.6. The van der Waals surface area contributed by atoms with Crippen molar-refractivity contribution in [1.82, 2.24) is 5.32 Å². The van der Waals surface area contributed by atoms with Crippen molar-refractivity contribution in [2.45, 2.75) is 51.3 Å². The lowest BCUT2D eigenvalue weighted by atomic mass is 10.1. The lowest BCUT2D eigenvalue weighted by molar-refractivity contribution is -0.157. The van der Waals surface area contributed by atoms with Crippen LogP contribution in [-0.2, 0) is 9.53 Å². The summed E-state index contributed by atoms with van der Waals surface area (Å²) in [6, 6.07) is -0.443. The second-order valence-electron chi connectivity index (χ2n) is 4.76. The summed E-state index contributed by atoms with van der Waals surface area (Å²) in [5, 5.41) is 3.20. The topological polar surface area (TPSA) is 64.3 Å². The largest absolute Gasteiger partial charge is 0.459 e. The highest BCUT2D eigenvalue weighted by atomic mass is 16.6. The van der Waals surface area contributed by atoms with Gasteiger partial charge in [0.2, 0.25) is 0 Å². The molecule has 1 aliphatic heterocycles. The van der Waals surface area contributed by atoms with Crippen LogP contribution in [0.1, 0.15) is 33.6 Å². The quantitative estimate of drug-likeness (QED) is 0.634. The molecule has 1 aliphatic rings. The second-order valence-corrected chi connectivity index (χ2v) is 4.76. The normalized spacial score (nSPS) is 24.7. The van der Waals surface area contributed by atoms with Crippen LogP contribution in [0.5, 0.6) is 0 Å². The number of ether oxygens (including phenoxy) is 1. The van der Waals surface area contributed by atoms with Crippen LogP contribution >= 0.6 is 0 Å². The average Bonchev–Trinajstić information content (AvgIpc) is 2.51. The van der Waals surface area contributed by atoms with Gasteiger partial charge in [0.25, 0.3) is 0 Å². The van der Waals surface area contributed by atoms with Gasteiger partial charge in [-0.05, 0) is 40.2 Å². The molecule has 82 valence electrons. The summed E-state index contributed by atoms with van der Waals surface area (Å²) in [6.07, 6.45) is 2.04. The highest BCUT2D eigenvalue weighted by molar-refractivity contribution is 5.76. The third kappa shape index (κ3) is 3.27. The minimum absolute atomic E-state index is 0.0878. The minimum atomic E-state index is -0.531. The Morgan fingerprint density at radius 2 is 2.21 bits per heavy atom. The van der Waals surface area contributed by atoms with Crippen LogP contribution in [-0.4, -0.2) is 30.2 Å². The first kappa shape index (κ1) is 11.5. The monoisotopic (exact) mass is 200 g/mol. The molecule has 1 fully saturated rings. The first-order valence-electron chi connectivity index (χ1n) is 5.12. The average molecular weight is 200 g/mol. The molecule has 14 heavy (non-hydrogen) atoms. The summed E-state index contributed by atoms with van der Waals surface area (Å²) >= 11 is 0. The molecule has 1 rings (SSSR count). The fourth-order valence-corrected chi connectivity index (χ4v) is 1.55. The summed E-state index contributed by atoms with van der Waals surface area (Å²) in [5.41, 5.74) is 5.34. The molecule has 1 heterocycles. The van der Waals surface area contributed by atoms with Crippen molar-refractivity contribution >= 4 is 5.97 Å². The summed E-state index contributed by atoms with van der Waals surface area (Å²) in [4.78, 5) is 11.6. The molecule has 0 aliphatic carbocycles. The molecular weight excluding hydrogens is 180 g/mol. The molecule has 0 aromatic rings. The summed E-state index contributed by atoms with van der Waals surface area (Å²) in [7, 11) is 0. The van der Waals surface area contributed by atoms with E-state index in [0.717, 1.165) is 19.4 Å². The minimum Gasteiger partial charge on any atom is -0.459 e. The Balaban J connectivity index is 2.43. The predicted molar refractivity (Wildman–Crippen MR) is 54.8 cm³/mol. The third-order valence-corrected chi connectivity index (χ3v) is 2.21. The van der Waals surface area contributed by atoms with E-state index in [1.54, 1.807) is 0 Å². The molecule has 4 heteroatoms. The van der Waals surface area contributed by atoms with E-state index < -0.39 is 11.6 Å². The fourth-order valence-electron chi connectivity index (χ4n) is 1.55. The molecular formula is C10H20N2O2. The second kappa shape index (κ2) is 4.28. The first-order valence-corrected chi connectivity index (χ1v) is 5.12. The van der Waals surface area contributed by atoms with Gasteiger partial charge in [0.1, 0.15) is 11.6 Å². The van der Waals surface area contributed by atoms with Crippen LogP contribution < -0.4 is 11.1 Å². The number of esters is 1. The molecule has 2 atom stereocenters. The van der Waals surface area contributed by atoms with Crippen LogP contribution in [0.15, 0.2) is 0 Å². The van der Waals surface area contributed by atoms with Crippen LogP contribution in [0.4, 0.5) is 0 Å². The Hall–Kier alpha value is -0.610. The van der Waals surface area contributed by atoms with Gasteiger partial charge in [-0.2, -0.15) is 0 Å². The van der Waals surface area contributed by atoms with E-state index in [-0.39, 0.29) is 12.0 Å². The van der Waals surface area contributed by atoms with E-state index in [1.165, 1.54) is 0 Å². The van der Waals surface area contributed by atoms with Gasteiger partial charge in [-0.1, -0.05) is 0 Å². The van der Waals surface area contributed by atoms with Gasteiger partial charge in [-0.15, -0.1) is 0 Å². The summed E-state index contributed by atoms with van der Waals surface area (Å²) in [6.45, 7) is 6.49. The highest BCUT2D eigenvalue weighted by Crippen LogP contribution is 2.13. The highest BCUT2D eigenvalue weighted by Gasteiger charge is 2.30. The Bertz CT molecular complexity index is 205. The molecule has 0 bridgehead atoms. The van der Waals surface area contributed by atoms with Crippen LogP contribution in [0.25, 0.3) is 0 Å². The Morgan fingerprint density at radius 3 is 2.64 bits per heavy atom. The third-order valence-electron chi connectivity index (χ3n) is 2.21. The van der Waals surface area contributed by atoms with Gasteiger partial charge in [-0.3, -0.25) is 4.79 Å². The maximum atomic E-state index is 11.6. The van der Waals surface area contributed by atoms with Crippen molar-refractivity contribution in [2.24, 2.45) is 5.73 Å². The lowest BCUT2D eigenvalue weighted by Gasteiger charge is -2.24. The SMILES string of the molecule is CC(C)(C)OC(=O)[C@@H](N)[C@@H]1CCCN1. The van der Waals surface area contributed by atoms with Gasteiger partial charge in [-0.25, -0.2) is 0 Å². The maximum Gasteiger partial charge on any atom is 0.325 e. The van der Waals surface area contributed by atoms with Crippen molar-refractivity contribution in [3.8, 4) is 0 Å². The fraction of sp³-hybridized carbons (Fsp3) is 0.900. The van der Waals surface area contributed by atoms with E-state index in [1.807, 2.05) is 20.8 Å². The van der Waals surface area contributed by atoms with Crippen molar-refractivity contribution in [3.05, 3.63) is 0 Å². The van der Waals surface area contributed by atoms with Crippen molar-refractivity contribution in [3.63, 3.8) is 0 Å². The number of rotatable bonds is 2. The zero-order valence-corrected chi connectivity index (χ0v) is 9.17. The van der Waals surface area contributed by atoms with Gasteiger partial charge in [0.05, 0.1) is 0 Å². The summed E-state index contributed by atoms with van der Waals surface area (Å²) in [5.74, 6) is -0.308. The number of nitrogens with one attached hydrogen (secondary N) is 1. The smallest absolute Gasteiger partial charge is 0.325 e. The first-order chi connectivity index (χ1) is 6.40. The lowest BCUT2D eigenvalue weighted by Crippen LogP contribution is -2.49. The molecule has 0 aromatic heterocycles. The van der Waals surface area contributed by atoms with Crippen molar-refractivity contribution < 1.29 is 9.53 Å². The van der Waals surface area contributed by atoms with Crippen LogP contribution in [0.3, 0.4) is 0 Å². The molecule has 3 N–H and O–H groups in total. The Morgan fingerprint density at radius 1 is 1.57 bits per heavy atom. The predicted octanol–water partition coefficient (Wildman–Crippen LogP) is 0.407. The molecule has 0 unspecified atom stereocenters. The number of hydrogen-bond acceptors (Lipinski definition) is 4. The van der Waals surface area contributed by atoms with E-state index in [9.17, 15) is 4.79 Å². The van der Waals surface area contributed by atoms with E-state index >= 15 is 0 Å². The van der Waals surface area contributed by atoms with E-state index in [0.29, 0.717) is 0 Å². The van der Waals surface area contributed by atoms with E-state index in [4.69, 9.17) is 10.5 Å². The molecule has 4 nitrogen and oxygen atoms in total. The molecule has 0 saturated carbocycles. The standard InChI is InChI=1S/C10H20N2O2/c1-10(2,3)14-9(13)8(11)7-5-4-6-12-7/h7-8,12H,4-6,11H2,1-3H3/t7-,8-/m0/s1. The van der Waals surface area contributed by atoms with E-state index in [2.05, 4.69) is 5.32 Å². The molecule has 0 radical (unpaired) electrons. The number of nitrogens with two attached hydrogens (primary N) is 1. The zero-order valence-electron chi connectivity index (χ0n) is 9.17. The Labute approximate surface area is 85.2 Å². The number of hydrogen-bond donors (Lipinski definition) is 2.